The summed E-state index contributed by atoms with van der Waals surface area (Å²) in [6.45, 7) is 6.03. The predicted octanol–water partition coefficient (Wildman–Crippen LogP) is 2.25. The van der Waals surface area contributed by atoms with Crippen molar-refractivity contribution < 1.29 is 18.3 Å². The number of nitrogens with one attached hydrogen (secondary N) is 1. The molecule has 1 fully saturated rings. The molecule has 1 heterocycles. The fourth-order valence-corrected chi connectivity index (χ4v) is 2.10. The Morgan fingerprint density at radius 1 is 1.42 bits per heavy atom. The van der Waals surface area contributed by atoms with Crippen LogP contribution < -0.4 is 5.32 Å². The van der Waals surface area contributed by atoms with Crippen LogP contribution in [0.25, 0.3) is 0 Å². The van der Waals surface area contributed by atoms with Crippen molar-refractivity contribution >= 4 is 0 Å². The van der Waals surface area contributed by atoms with Crippen LogP contribution in [0, 0.1) is 11.6 Å². The summed E-state index contributed by atoms with van der Waals surface area (Å²) in [4.78, 5) is 0. The van der Waals surface area contributed by atoms with Crippen LogP contribution in [0.4, 0.5) is 8.78 Å². The van der Waals surface area contributed by atoms with E-state index >= 15 is 0 Å². The summed E-state index contributed by atoms with van der Waals surface area (Å²) >= 11 is 0. The van der Waals surface area contributed by atoms with Gasteiger partial charge in [-0.3, -0.25) is 0 Å². The molecule has 1 atom stereocenters. The fourth-order valence-electron chi connectivity index (χ4n) is 2.10. The molecule has 5 heteroatoms. The third-order valence-electron chi connectivity index (χ3n) is 2.98. The highest BCUT2D eigenvalue weighted by molar-refractivity contribution is 5.17. The number of benzene rings is 1. The first-order valence-corrected chi connectivity index (χ1v) is 6.36. The van der Waals surface area contributed by atoms with E-state index in [0.717, 1.165) is 19.2 Å². The molecule has 19 heavy (non-hydrogen) atoms. The van der Waals surface area contributed by atoms with Gasteiger partial charge in [0.05, 0.1) is 24.9 Å². The Morgan fingerprint density at radius 2 is 2.21 bits per heavy atom. The van der Waals surface area contributed by atoms with Crippen LogP contribution in [-0.2, 0) is 16.1 Å². The van der Waals surface area contributed by atoms with Crippen LogP contribution >= 0.6 is 0 Å². The fraction of sp³-hybridized carbons (Fsp3) is 0.571. The summed E-state index contributed by atoms with van der Waals surface area (Å²) in [5.74, 6) is -1.16. The molecule has 1 unspecified atom stereocenters. The molecule has 0 amide bonds. The summed E-state index contributed by atoms with van der Waals surface area (Å²) < 4.78 is 37.4. The number of hydrogen-bond donors (Lipinski definition) is 1. The lowest BCUT2D eigenvalue weighted by atomic mass is 10.1. The Labute approximate surface area is 111 Å². The summed E-state index contributed by atoms with van der Waals surface area (Å²) in [6.07, 6.45) is -0.0488. The average molecular weight is 271 g/mol. The zero-order valence-corrected chi connectivity index (χ0v) is 11.2. The van der Waals surface area contributed by atoms with Gasteiger partial charge in [-0.2, -0.15) is 0 Å². The van der Waals surface area contributed by atoms with Crippen LogP contribution in [0.5, 0.6) is 0 Å². The van der Waals surface area contributed by atoms with Crippen LogP contribution in [0.1, 0.15) is 19.4 Å². The molecule has 0 saturated carbocycles. The van der Waals surface area contributed by atoms with Gasteiger partial charge in [0.25, 0.3) is 0 Å². The van der Waals surface area contributed by atoms with Gasteiger partial charge in [0.2, 0.25) is 0 Å². The van der Waals surface area contributed by atoms with Gasteiger partial charge in [0.1, 0.15) is 11.6 Å². The third kappa shape index (κ3) is 4.23. The van der Waals surface area contributed by atoms with Crippen molar-refractivity contribution in [3.63, 3.8) is 0 Å². The second kappa shape index (κ2) is 5.94. The zero-order valence-electron chi connectivity index (χ0n) is 11.2. The summed E-state index contributed by atoms with van der Waals surface area (Å²) in [7, 11) is 0. The molecule has 0 spiro atoms. The van der Waals surface area contributed by atoms with Crippen molar-refractivity contribution in [2.75, 3.05) is 19.7 Å². The molecule has 0 bridgehead atoms. The second-order valence-electron chi connectivity index (χ2n) is 5.38. The van der Waals surface area contributed by atoms with E-state index in [1.54, 1.807) is 0 Å². The van der Waals surface area contributed by atoms with Crippen molar-refractivity contribution in [1.82, 2.24) is 5.32 Å². The van der Waals surface area contributed by atoms with Gasteiger partial charge in [-0.05, 0) is 19.9 Å². The maximum Gasteiger partial charge on any atom is 0.131 e. The van der Waals surface area contributed by atoms with E-state index < -0.39 is 11.6 Å². The number of hydrogen-bond acceptors (Lipinski definition) is 3. The molecule has 0 aromatic heterocycles. The largest absolute Gasteiger partial charge is 0.374 e. The predicted molar refractivity (Wildman–Crippen MR) is 67.8 cm³/mol. The van der Waals surface area contributed by atoms with E-state index in [9.17, 15) is 8.78 Å². The number of ether oxygens (including phenoxy) is 2. The minimum atomic E-state index is -0.581. The molecule has 1 saturated heterocycles. The van der Waals surface area contributed by atoms with Gasteiger partial charge in [-0.15, -0.1) is 0 Å². The summed E-state index contributed by atoms with van der Waals surface area (Å²) in [5, 5.41) is 3.26. The monoisotopic (exact) mass is 271 g/mol. The first-order chi connectivity index (χ1) is 8.96. The lowest BCUT2D eigenvalue weighted by molar-refractivity contribution is -0.122. The normalized spacial score (nSPS) is 22.4. The first kappa shape index (κ1) is 14.4. The molecule has 2 rings (SSSR count). The molecule has 1 aliphatic rings. The molecule has 3 nitrogen and oxygen atoms in total. The first-order valence-electron chi connectivity index (χ1n) is 6.36. The van der Waals surface area contributed by atoms with E-state index in [1.807, 2.05) is 13.8 Å². The molecule has 1 N–H and O–H groups in total. The minimum Gasteiger partial charge on any atom is -0.374 e. The lowest BCUT2D eigenvalue weighted by Crippen LogP contribution is -2.51. The Bertz CT molecular complexity index is 437. The van der Waals surface area contributed by atoms with Gasteiger partial charge in [-0.25, -0.2) is 8.78 Å². The third-order valence-corrected chi connectivity index (χ3v) is 2.98. The zero-order chi connectivity index (χ0) is 13.9. The van der Waals surface area contributed by atoms with Gasteiger partial charge in [-0.1, -0.05) is 6.07 Å². The van der Waals surface area contributed by atoms with Crippen molar-refractivity contribution in [2.45, 2.75) is 32.2 Å². The molecule has 0 aliphatic carbocycles. The summed E-state index contributed by atoms with van der Waals surface area (Å²) in [5.41, 5.74) is 0.136. The van der Waals surface area contributed by atoms with Crippen molar-refractivity contribution in [2.24, 2.45) is 0 Å². The highest BCUT2D eigenvalue weighted by Crippen LogP contribution is 2.16. The molecular formula is C14H19F2NO2. The highest BCUT2D eigenvalue weighted by atomic mass is 19.1. The van der Waals surface area contributed by atoms with Gasteiger partial charge < -0.3 is 14.8 Å². The quantitative estimate of drug-likeness (QED) is 0.911. The standard InChI is InChI=1S/C14H19F2NO2/c1-14(2)9-17-6-12(19-14)8-18-7-10-3-4-11(15)5-13(10)16/h3-5,12,17H,6-9H2,1-2H3. The van der Waals surface area contributed by atoms with E-state index in [4.69, 9.17) is 9.47 Å². The van der Waals surface area contributed by atoms with E-state index in [0.29, 0.717) is 12.2 Å². The average Bonchev–Trinajstić information content (AvgIpc) is 2.31. The number of halogens is 2. The molecular weight excluding hydrogens is 252 g/mol. The summed E-state index contributed by atoms with van der Waals surface area (Å²) in [6, 6.07) is 3.48. The maximum absolute atomic E-state index is 13.4. The Hall–Kier alpha value is -1.04. The highest BCUT2D eigenvalue weighted by Gasteiger charge is 2.28. The molecule has 1 aromatic rings. The van der Waals surface area contributed by atoms with E-state index in [-0.39, 0.29) is 18.3 Å². The molecule has 0 radical (unpaired) electrons. The maximum atomic E-state index is 13.4. The van der Waals surface area contributed by atoms with Crippen molar-refractivity contribution in [3.8, 4) is 0 Å². The molecule has 1 aromatic carbocycles. The van der Waals surface area contributed by atoms with Crippen LogP contribution in [0.3, 0.4) is 0 Å². The Kier molecular flexibility index (Phi) is 4.50. The smallest absolute Gasteiger partial charge is 0.131 e. The number of morpholine rings is 1. The van der Waals surface area contributed by atoms with Crippen LogP contribution in [-0.4, -0.2) is 31.4 Å². The molecule has 106 valence electrons. The minimum absolute atomic E-state index is 0.0488. The van der Waals surface area contributed by atoms with Crippen LogP contribution in [0.15, 0.2) is 18.2 Å². The van der Waals surface area contributed by atoms with Gasteiger partial charge >= 0.3 is 0 Å². The number of rotatable bonds is 4. The van der Waals surface area contributed by atoms with Crippen LogP contribution in [0.2, 0.25) is 0 Å². The van der Waals surface area contributed by atoms with E-state index in [1.165, 1.54) is 12.1 Å². The topological polar surface area (TPSA) is 30.5 Å². The van der Waals surface area contributed by atoms with Crippen molar-refractivity contribution in [1.29, 1.82) is 0 Å². The van der Waals surface area contributed by atoms with Gasteiger partial charge in [0, 0.05) is 24.7 Å². The van der Waals surface area contributed by atoms with Crippen molar-refractivity contribution in [3.05, 3.63) is 35.4 Å². The Morgan fingerprint density at radius 3 is 2.89 bits per heavy atom. The molecule has 1 aliphatic heterocycles. The van der Waals surface area contributed by atoms with E-state index in [2.05, 4.69) is 5.32 Å². The van der Waals surface area contributed by atoms with Gasteiger partial charge in [0.15, 0.2) is 0 Å². The Balaban J connectivity index is 1.80. The lowest BCUT2D eigenvalue weighted by Gasteiger charge is -2.36. The second-order valence-corrected chi connectivity index (χ2v) is 5.38. The SMILES string of the molecule is CC1(C)CNCC(COCc2ccc(F)cc2F)O1.